The number of rotatable bonds is 6. The second-order valence-electron chi connectivity index (χ2n) is 4.37. The maximum Gasteiger partial charge on any atom is 0.404 e. The number of carbonyl (C=O) groups excluding carboxylic acids is 1. The van der Waals surface area contributed by atoms with Crippen LogP contribution in [0.15, 0.2) is 16.9 Å². The van der Waals surface area contributed by atoms with Crippen LogP contribution in [-0.4, -0.2) is 37.5 Å². The van der Waals surface area contributed by atoms with E-state index in [0.717, 1.165) is 0 Å². The molecule has 0 spiro atoms. The third-order valence-electron chi connectivity index (χ3n) is 2.76. The number of nitrogens with one attached hydrogen (secondary N) is 1. The number of ether oxygens (including phenoxy) is 1. The number of amides is 1. The van der Waals surface area contributed by atoms with Crippen LogP contribution in [0.5, 0.6) is 0 Å². The summed E-state index contributed by atoms with van der Waals surface area (Å²) in [6.07, 6.45) is 3.08. The van der Waals surface area contributed by atoms with E-state index in [0.29, 0.717) is 11.4 Å². The first-order valence-electron chi connectivity index (χ1n) is 6.11. The first-order valence-corrected chi connectivity index (χ1v) is 6.90. The van der Waals surface area contributed by atoms with E-state index in [9.17, 15) is 14.9 Å². The molecular weight excluding hydrogens is 360 g/mol. The second-order valence-corrected chi connectivity index (χ2v) is 5.17. The Morgan fingerprint density at radius 3 is 2.91 bits per heavy atom. The Hall–Kier alpha value is -2.27. The number of halogens is 1. The van der Waals surface area contributed by atoms with E-state index in [1.807, 2.05) is 0 Å². The van der Waals surface area contributed by atoms with Crippen molar-refractivity contribution in [3.05, 3.63) is 32.7 Å². The Labute approximate surface area is 133 Å². The number of methoxy groups -OCH3 is 1. The lowest BCUT2D eigenvalue weighted by Gasteiger charge is -2.01. The van der Waals surface area contributed by atoms with Gasteiger partial charge in [0.25, 0.3) is 0 Å². The summed E-state index contributed by atoms with van der Waals surface area (Å²) in [5, 5.41) is 21.2. The van der Waals surface area contributed by atoms with Gasteiger partial charge >= 0.3 is 5.82 Å². The lowest BCUT2D eigenvalue weighted by Crippen LogP contribution is -2.20. The first-order chi connectivity index (χ1) is 10.4. The lowest BCUT2D eigenvalue weighted by atomic mass is 10.4. The Kier molecular flexibility index (Phi) is 4.88. The van der Waals surface area contributed by atoms with E-state index >= 15 is 0 Å². The van der Waals surface area contributed by atoms with E-state index < -0.39 is 4.92 Å². The smallest absolute Gasteiger partial charge is 0.362 e. The molecule has 0 saturated heterocycles. The fourth-order valence-corrected chi connectivity index (χ4v) is 2.18. The summed E-state index contributed by atoms with van der Waals surface area (Å²) in [7, 11) is 1.53. The van der Waals surface area contributed by atoms with Crippen LogP contribution in [0.2, 0.25) is 0 Å². The maximum atomic E-state index is 12.0. The highest BCUT2D eigenvalue weighted by Crippen LogP contribution is 2.26. The highest BCUT2D eigenvalue weighted by Gasteiger charge is 2.24. The topological polar surface area (TPSA) is 117 Å². The molecule has 0 fully saturated rings. The molecule has 2 aromatic heterocycles. The second kappa shape index (κ2) is 6.66. The molecule has 1 amide bonds. The molecule has 0 atom stereocenters. The normalized spacial score (nSPS) is 10.7. The van der Waals surface area contributed by atoms with Crippen molar-refractivity contribution in [2.24, 2.45) is 0 Å². The van der Waals surface area contributed by atoms with E-state index in [2.05, 4.69) is 31.4 Å². The van der Waals surface area contributed by atoms with E-state index in [1.54, 1.807) is 13.1 Å². The predicted octanol–water partition coefficient (Wildman–Crippen LogP) is 1.30. The Balaban J connectivity index is 2.05. The van der Waals surface area contributed by atoms with Gasteiger partial charge in [-0.25, -0.2) is 4.68 Å². The van der Waals surface area contributed by atoms with E-state index in [4.69, 9.17) is 4.74 Å². The van der Waals surface area contributed by atoms with Crippen LogP contribution >= 0.6 is 15.9 Å². The maximum absolute atomic E-state index is 12.0. The number of carbonyl (C=O) groups is 1. The molecule has 0 radical (unpaired) electrons. The molecule has 10 nitrogen and oxygen atoms in total. The minimum absolute atomic E-state index is 0.145. The lowest BCUT2D eigenvalue weighted by molar-refractivity contribution is -0.390. The van der Waals surface area contributed by atoms with Gasteiger partial charge < -0.3 is 20.2 Å². The van der Waals surface area contributed by atoms with Crippen molar-refractivity contribution in [2.75, 3.05) is 12.4 Å². The molecule has 11 heteroatoms. The number of hydrogen-bond acceptors (Lipinski definition) is 6. The summed E-state index contributed by atoms with van der Waals surface area (Å²) in [6.45, 7) is 1.76. The molecule has 2 aromatic rings. The van der Waals surface area contributed by atoms with Crippen LogP contribution < -0.4 is 5.32 Å². The SMILES string of the molecule is COCn1cc(NC(=O)Cn2nc([N+](=O)[O-])c(Br)c2C)cn1. The molecule has 2 rings (SSSR count). The third-order valence-corrected chi connectivity index (χ3v) is 3.69. The Morgan fingerprint density at radius 1 is 1.59 bits per heavy atom. The van der Waals surface area contributed by atoms with Gasteiger partial charge in [0.1, 0.15) is 17.7 Å². The average molecular weight is 373 g/mol. The number of hydrogen-bond donors (Lipinski definition) is 1. The quantitative estimate of drug-likeness (QED) is 0.603. The fraction of sp³-hybridized carbons (Fsp3) is 0.364. The molecular formula is C11H13BrN6O4. The van der Waals surface area contributed by atoms with Crippen LogP contribution in [-0.2, 0) is 22.8 Å². The van der Waals surface area contributed by atoms with E-state index in [1.165, 1.54) is 22.7 Å². The van der Waals surface area contributed by atoms with Crippen molar-refractivity contribution >= 4 is 33.3 Å². The fourth-order valence-electron chi connectivity index (χ4n) is 1.75. The van der Waals surface area contributed by atoms with Crippen LogP contribution in [0.4, 0.5) is 11.5 Å². The van der Waals surface area contributed by atoms with Crippen LogP contribution in [0.3, 0.4) is 0 Å². The van der Waals surface area contributed by atoms with Gasteiger partial charge in [0.2, 0.25) is 5.91 Å². The number of nitrogens with zero attached hydrogens (tertiary/aromatic N) is 5. The summed E-state index contributed by atoms with van der Waals surface area (Å²) >= 11 is 3.10. The van der Waals surface area contributed by atoms with E-state index in [-0.39, 0.29) is 29.5 Å². The van der Waals surface area contributed by atoms with Crippen molar-refractivity contribution in [2.45, 2.75) is 20.2 Å². The van der Waals surface area contributed by atoms with Gasteiger partial charge in [-0.1, -0.05) is 0 Å². The highest BCUT2D eigenvalue weighted by molar-refractivity contribution is 9.10. The average Bonchev–Trinajstić information content (AvgIpc) is 2.99. The zero-order chi connectivity index (χ0) is 16.3. The molecule has 0 aliphatic heterocycles. The summed E-state index contributed by atoms with van der Waals surface area (Å²) in [5.74, 6) is -0.692. The van der Waals surface area contributed by atoms with Gasteiger partial charge in [-0.05, 0) is 27.8 Å². The Morgan fingerprint density at radius 2 is 2.32 bits per heavy atom. The number of anilines is 1. The van der Waals surface area contributed by atoms with Crippen LogP contribution in [0.1, 0.15) is 5.69 Å². The summed E-state index contributed by atoms with van der Waals surface area (Å²) < 4.78 is 7.93. The largest absolute Gasteiger partial charge is 0.404 e. The molecule has 0 aromatic carbocycles. The third kappa shape index (κ3) is 3.49. The minimum atomic E-state index is -0.611. The minimum Gasteiger partial charge on any atom is -0.362 e. The highest BCUT2D eigenvalue weighted by atomic mass is 79.9. The molecule has 1 N–H and O–H groups in total. The van der Waals surface area contributed by atoms with Crippen LogP contribution in [0, 0.1) is 17.0 Å². The van der Waals surface area contributed by atoms with Crippen molar-refractivity contribution in [1.29, 1.82) is 0 Å². The molecule has 0 saturated carbocycles. The predicted molar refractivity (Wildman–Crippen MR) is 79.2 cm³/mol. The molecule has 0 aliphatic carbocycles. The molecule has 0 unspecified atom stereocenters. The molecule has 0 bridgehead atoms. The van der Waals surface area contributed by atoms with Gasteiger partial charge in [-0.15, -0.1) is 0 Å². The number of nitro groups is 1. The van der Waals surface area contributed by atoms with Gasteiger partial charge in [0.15, 0.2) is 0 Å². The zero-order valence-corrected chi connectivity index (χ0v) is 13.4. The standard InChI is InChI=1S/C11H13BrN6O4/c1-7-10(12)11(18(20)21)15-17(7)5-9(19)14-8-3-13-16(4-8)6-22-2/h3-4H,5-6H2,1-2H3,(H,14,19). The molecule has 22 heavy (non-hydrogen) atoms. The zero-order valence-electron chi connectivity index (χ0n) is 11.8. The van der Waals surface area contributed by atoms with Crippen molar-refractivity contribution in [3.8, 4) is 0 Å². The van der Waals surface area contributed by atoms with Gasteiger partial charge in [0.05, 0.1) is 28.9 Å². The summed E-state index contributed by atoms with van der Waals surface area (Å²) in [5.41, 5.74) is 0.998. The summed E-state index contributed by atoms with van der Waals surface area (Å²) in [6, 6.07) is 0. The number of aromatic nitrogens is 4. The molecule has 118 valence electrons. The van der Waals surface area contributed by atoms with Crippen molar-refractivity contribution in [1.82, 2.24) is 19.6 Å². The van der Waals surface area contributed by atoms with Gasteiger partial charge in [-0.3, -0.25) is 4.79 Å². The van der Waals surface area contributed by atoms with Crippen molar-refractivity contribution in [3.63, 3.8) is 0 Å². The summed E-state index contributed by atoms with van der Waals surface area (Å²) in [4.78, 5) is 22.2. The van der Waals surface area contributed by atoms with Gasteiger partial charge in [0, 0.05) is 7.11 Å². The Bertz CT molecular complexity index is 710. The molecule has 2 heterocycles. The molecule has 0 aliphatic rings. The first kappa shape index (κ1) is 16.1. The van der Waals surface area contributed by atoms with Crippen LogP contribution in [0.25, 0.3) is 0 Å². The van der Waals surface area contributed by atoms with Gasteiger partial charge in [-0.2, -0.15) is 9.78 Å². The van der Waals surface area contributed by atoms with Crippen molar-refractivity contribution < 1.29 is 14.5 Å². The monoisotopic (exact) mass is 372 g/mol.